The highest BCUT2D eigenvalue weighted by Gasteiger charge is 2.54. The van der Waals surface area contributed by atoms with Crippen LogP contribution in [0.5, 0.6) is 5.75 Å². The smallest absolute Gasteiger partial charge is 0.163 e. The monoisotopic (exact) mass is 380 g/mol. The van der Waals surface area contributed by atoms with Crippen LogP contribution in [0.2, 0.25) is 0 Å². The zero-order chi connectivity index (χ0) is 19.7. The van der Waals surface area contributed by atoms with Gasteiger partial charge in [-0.25, -0.2) is 0 Å². The Morgan fingerprint density at radius 1 is 1.14 bits per heavy atom. The molecule has 4 saturated carbocycles. The van der Waals surface area contributed by atoms with Crippen LogP contribution in [0.1, 0.15) is 63.5 Å². The summed E-state index contributed by atoms with van der Waals surface area (Å²) in [4.78, 5) is 13.6. The molecule has 4 heteroatoms. The molecule has 0 amide bonds. The molecule has 5 aliphatic rings. The minimum absolute atomic E-state index is 0.108. The van der Waals surface area contributed by atoms with Crippen molar-refractivity contribution in [1.82, 2.24) is 5.32 Å². The largest absolute Gasteiger partial charge is 0.495 e. The third-order valence-corrected chi connectivity index (χ3v) is 7.69. The standard InChI is InChI=1S/C24H32N2O2/c1-23(2)13-17-7-21(28-3)19(25)8-18(17)20(26-23)9-22(27)24-10-14-4-15(11-24)6-16(5-14)12-24/h7-9,14-16,26H,4-6,10-13,25H2,1-3H3. The average molecular weight is 381 g/mol. The summed E-state index contributed by atoms with van der Waals surface area (Å²) in [6.45, 7) is 4.36. The highest BCUT2D eigenvalue weighted by atomic mass is 16.5. The molecule has 4 nitrogen and oxygen atoms in total. The Labute approximate surface area is 167 Å². The lowest BCUT2D eigenvalue weighted by Gasteiger charge is -2.55. The maximum absolute atomic E-state index is 13.6. The van der Waals surface area contributed by atoms with E-state index in [2.05, 4.69) is 19.2 Å². The first-order valence-electron chi connectivity index (χ1n) is 10.8. The number of allylic oxidation sites excluding steroid dienone is 1. The van der Waals surface area contributed by atoms with Crippen LogP contribution < -0.4 is 15.8 Å². The number of ketones is 1. The van der Waals surface area contributed by atoms with Gasteiger partial charge >= 0.3 is 0 Å². The SMILES string of the molecule is COc1cc2c(cc1N)C(=CC(=O)C13CC4CC(CC(C4)C1)C3)NC(C)(C)C2. The molecule has 0 spiro atoms. The second kappa shape index (κ2) is 6.01. The van der Waals surface area contributed by atoms with Crippen molar-refractivity contribution in [2.45, 2.75) is 64.3 Å². The molecule has 0 atom stereocenters. The van der Waals surface area contributed by atoms with E-state index in [4.69, 9.17) is 10.5 Å². The van der Waals surface area contributed by atoms with E-state index in [1.165, 1.54) is 24.8 Å². The van der Waals surface area contributed by atoms with E-state index in [0.29, 0.717) is 17.2 Å². The van der Waals surface area contributed by atoms with Crippen LogP contribution in [0.25, 0.3) is 5.70 Å². The number of fused-ring (bicyclic) bond motifs is 1. The molecular weight excluding hydrogens is 348 g/mol. The molecule has 28 heavy (non-hydrogen) atoms. The number of hydrogen-bond acceptors (Lipinski definition) is 4. The summed E-state index contributed by atoms with van der Waals surface area (Å²) in [7, 11) is 1.65. The van der Waals surface area contributed by atoms with Crippen molar-refractivity contribution >= 4 is 17.2 Å². The predicted molar refractivity (Wildman–Crippen MR) is 112 cm³/mol. The van der Waals surface area contributed by atoms with E-state index in [9.17, 15) is 4.79 Å². The maximum Gasteiger partial charge on any atom is 0.163 e. The zero-order valence-corrected chi connectivity index (χ0v) is 17.3. The van der Waals surface area contributed by atoms with Gasteiger partial charge in [-0.15, -0.1) is 0 Å². The Kier molecular flexibility index (Phi) is 3.88. The summed E-state index contributed by atoms with van der Waals surface area (Å²) in [6, 6.07) is 4.01. The number of nitrogen functional groups attached to an aromatic ring is 1. The van der Waals surface area contributed by atoms with Crippen molar-refractivity contribution in [3.63, 3.8) is 0 Å². The van der Waals surface area contributed by atoms with Crippen LogP contribution in [0.15, 0.2) is 18.2 Å². The Balaban J connectivity index is 1.53. The fourth-order valence-corrected chi connectivity index (χ4v) is 6.98. The van der Waals surface area contributed by atoms with E-state index >= 15 is 0 Å². The Hall–Kier alpha value is -1.97. The number of rotatable bonds is 3. The van der Waals surface area contributed by atoms with Crippen molar-refractivity contribution in [3.8, 4) is 5.75 Å². The summed E-state index contributed by atoms with van der Waals surface area (Å²) >= 11 is 0. The lowest BCUT2D eigenvalue weighted by molar-refractivity contribution is -0.138. The molecule has 1 heterocycles. The summed E-state index contributed by atoms with van der Waals surface area (Å²) < 4.78 is 5.43. The number of carbonyl (C=O) groups is 1. The number of hydrogen-bond donors (Lipinski definition) is 2. The maximum atomic E-state index is 13.6. The molecule has 1 aromatic carbocycles. The number of nitrogens with one attached hydrogen (secondary N) is 1. The van der Waals surface area contributed by atoms with Gasteiger partial charge < -0.3 is 15.8 Å². The second-order valence-corrected chi connectivity index (χ2v) is 10.6. The Bertz CT molecular complexity index is 832. The second-order valence-electron chi connectivity index (χ2n) is 10.6. The molecule has 4 bridgehead atoms. The van der Waals surface area contributed by atoms with Gasteiger partial charge in [-0.2, -0.15) is 0 Å². The minimum Gasteiger partial charge on any atom is -0.495 e. The highest BCUT2D eigenvalue weighted by molar-refractivity contribution is 6.01. The Morgan fingerprint density at radius 2 is 1.75 bits per heavy atom. The normalized spacial score (nSPS) is 36.1. The van der Waals surface area contributed by atoms with E-state index in [1.807, 2.05) is 18.2 Å². The van der Waals surface area contributed by atoms with Crippen molar-refractivity contribution < 1.29 is 9.53 Å². The molecular formula is C24H32N2O2. The molecule has 3 N–H and O–H groups in total. The predicted octanol–water partition coefficient (Wildman–Crippen LogP) is 4.33. The van der Waals surface area contributed by atoms with Crippen LogP contribution >= 0.6 is 0 Å². The van der Waals surface area contributed by atoms with Crippen molar-refractivity contribution in [2.75, 3.05) is 12.8 Å². The van der Waals surface area contributed by atoms with Gasteiger partial charge in [0.2, 0.25) is 0 Å². The van der Waals surface area contributed by atoms with E-state index in [-0.39, 0.29) is 11.0 Å². The van der Waals surface area contributed by atoms with Crippen LogP contribution in [-0.2, 0) is 11.2 Å². The van der Waals surface area contributed by atoms with E-state index in [1.54, 1.807) is 7.11 Å². The number of carbonyl (C=O) groups excluding carboxylic acids is 1. The molecule has 0 unspecified atom stereocenters. The number of anilines is 1. The topological polar surface area (TPSA) is 64.3 Å². The van der Waals surface area contributed by atoms with Gasteiger partial charge in [0.25, 0.3) is 0 Å². The first kappa shape index (κ1) is 18.1. The van der Waals surface area contributed by atoms with Crippen LogP contribution in [-0.4, -0.2) is 18.4 Å². The number of ether oxygens (including phenoxy) is 1. The summed E-state index contributed by atoms with van der Waals surface area (Å²) in [5.74, 6) is 3.37. The quantitative estimate of drug-likeness (QED) is 0.605. The summed E-state index contributed by atoms with van der Waals surface area (Å²) in [6.07, 6.45) is 10.2. The molecule has 1 aromatic rings. The van der Waals surface area contributed by atoms with Crippen LogP contribution in [0.4, 0.5) is 5.69 Å². The first-order valence-corrected chi connectivity index (χ1v) is 10.8. The Morgan fingerprint density at radius 3 is 2.32 bits per heavy atom. The van der Waals surface area contributed by atoms with E-state index < -0.39 is 0 Å². The average Bonchev–Trinajstić information content (AvgIpc) is 2.60. The highest BCUT2D eigenvalue weighted by Crippen LogP contribution is 2.60. The summed E-state index contributed by atoms with van der Waals surface area (Å²) in [5.41, 5.74) is 9.78. The van der Waals surface area contributed by atoms with Crippen LogP contribution in [0, 0.1) is 23.2 Å². The first-order chi connectivity index (χ1) is 13.3. The molecule has 0 saturated heterocycles. The van der Waals surface area contributed by atoms with Gasteiger partial charge in [0.15, 0.2) is 5.78 Å². The zero-order valence-electron chi connectivity index (χ0n) is 17.3. The molecule has 0 radical (unpaired) electrons. The van der Waals surface area contributed by atoms with Gasteiger partial charge in [-0.1, -0.05) is 0 Å². The van der Waals surface area contributed by atoms with Gasteiger partial charge in [-0.3, -0.25) is 4.79 Å². The minimum atomic E-state index is -0.109. The van der Waals surface area contributed by atoms with Crippen LogP contribution in [0.3, 0.4) is 0 Å². The lowest BCUT2D eigenvalue weighted by Crippen LogP contribution is -2.50. The number of benzene rings is 1. The van der Waals surface area contributed by atoms with Crippen molar-refractivity contribution in [3.05, 3.63) is 29.3 Å². The fraction of sp³-hybridized carbons (Fsp3) is 0.625. The van der Waals surface area contributed by atoms with Crippen molar-refractivity contribution in [1.29, 1.82) is 0 Å². The third kappa shape index (κ3) is 2.84. The van der Waals surface area contributed by atoms with Gasteiger partial charge in [0.1, 0.15) is 5.75 Å². The fourth-order valence-electron chi connectivity index (χ4n) is 6.98. The van der Waals surface area contributed by atoms with Gasteiger partial charge in [-0.05, 0) is 94.2 Å². The molecule has 0 aromatic heterocycles. The third-order valence-electron chi connectivity index (χ3n) is 7.69. The molecule has 6 rings (SSSR count). The number of methoxy groups -OCH3 is 1. The van der Waals surface area contributed by atoms with E-state index in [0.717, 1.165) is 54.7 Å². The molecule has 4 fully saturated rings. The summed E-state index contributed by atoms with van der Waals surface area (Å²) in [5, 5.41) is 3.62. The molecule has 4 aliphatic carbocycles. The van der Waals surface area contributed by atoms with Gasteiger partial charge in [0, 0.05) is 28.3 Å². The molecule has 150 valence electrons. The number of nitrogens with two attached hydrogens (primary N) is 1. The lowest BCUT2D eigenvalue weighted by atomic mass is 9.48. The van der Waals surface area contributed by atoms with Gasteiger partial charge in [0.05, 0.1) is 12.8 Å². The molecule has 1 aliphatic heterocycles. The van der Waals surface area contributed by atoms with Crippen molar-refractivity contribution in [2.24, 2.45) is 23.2 Å².